The van der Waals surface area contributed by atoms with Crippen LogP contribution in [0.25, 0.3) is 5.82 Å². The summed E-state index contributed by atoms with van der Waals surface area (Å²) in [6.07, 6.45) is 2.95. The number of aliphatic imine (C=N–C) groups is 1. The van der Waals surface area contributed by atoms with Crippen LogP contribution in [0.1, 0.15) is 28.1 Å². The second kappa shape index (κ2) is 7.84. The van der Waals surface area contributed by atoms with E-state index in [1.54, 1.807) is 0 Å². The van der Waals surface area contributed by atoms with E-state index in [4.69, 9.17) is 0 Å². The predicted octanol–water partition coefficient (Wildman–Crippen LogP) is 3.02. The quantitative estimate of drug-likeness (QED) is 0.566. The van der Waals surface area contributed by atoms with Crippen molar-refractivity contribution >= 4 is 5.96 Å². The highest BCUT2D eigenvalue weighted by Crippen LogP contribution is 2.18. The number of pyridine rings is 1. The van der Waals surface area contributed by atoms with Crippen molar-refractivity contribution in [1.29, 1.82) is 0 Å². The van der Waals surface area contributed by atoms with Gasteiger partial charge in [0.2, 0.25) is 0 Å². The molecule has 0 atom stereocenters. The van der Waals surface area contributed by atoms with Gasteiger partial charge in [-0.15, -0.1) is 0 Å². The highest BCUT2D eigenvalue weighted by molar-refractivity contribution is 5.80. The minimum atomic E-state index is 0.690. The third kappa shape index (κ3) is 3.76. The van der Waals surface area contributed by atoms with E-state index in [-0.39, 0.29) is 0 Å². The van der Waals surface area contributed by atoms with Crippen molar-refractivity contribution in [2.75, 3.05) is 13.6 Å². The molecular formula is C22H26N6. The van der Waals surface area contributed by atoms with Gasteiger partial charge >= 0.3 is 0 Å². The van der Waals surface area contributed by atoms with Crippen LogP contribution in [0.5, 0.6) is 0 Å². The smallest absolute Gasteiger partial charge is 0.194 e. The third-order valence-electron chi connectivity index (χ3n) is 5.13. The molecule has 0 amide bonds. The molecule has 0 unspecified atom stereocenters. The lowest BCUT2D eigenvalue weighted by atomic mass is 10.0. The van der Waals surface area contributed by atoms with Crippen LogP contribution in [0.2, 0.25) is 0 Å². The molecule has 6 nitrogen and oxygen atoms in total. The number of nitrogens with zero attached hydrogens (tertiary/aromatic N) is 5. The van der Waals surface area contributed by atoms with Gasteiger partial charge in [-0.1, -0.05) is 30.3 Å². The number of fused-ring (bicyclic) bond motifs is 1. The molecule has 0 saturated carbocycles. The van der Waals surface area contributed by atoms with Crippen LogP contribution in [-0.4, -0.2) is 39.2 Å². The van der Waals surface area contributed by atoms with E-state index in [9.17, 15) is 0 Å². The fourth-order valence-corrected chi connectivity index (χ4v) is 3.70. The maximum atomic E-state index is 4.58. The van der Waals surface area contributed by atoms with Gasteiger partial charge in [-0.25, -0.2) is 9.67 Å². The lowest BCUT2D eigenvalue weighted by Crippen LogP contribution is -2.43. The molecule has 3 aromatic rings. The van der Waals surface area contributed by atoms with Crippen molar-refractivity contribution in [1.82, 2.24) is 25.0 Å². The van der Waals surface area contributed by atoms with E-state index >= 15 is 0 Å². The molecular weight excluding hydrogens is 348 g/mol. The molecule has 1 N–H and O–H groups in total. The highest BCUT2D eigenvalue weighted by Gasteiger charge is 2.18. The maximum absolute atomic E-state index is 4.58. The number of aromatic nitrogens is 3. The van der Waals surface area contributed by atoms with Gasteiger partial charge in [0.25, 0.3) is 0 Å². The molecule has 0 saturated heterocycles. The van der Waals surface area contributed by atoms with E-state index < -0.39 is 0 Å². The Hall–Kier alpha value is -3.15. The Labute approximate surface area is 165 Å². The molecule has 0 radical (unpaired) electrons. The SMILES string of the molecule is CN=C(NCc1ccc(-n2nc(C)cc2C)nc1)N1CCc2ccccc2C1. The van der Waals surface area contributed by atoms with Gasteiger partial charge < -0.3 is 10.2 Å². The van der Waals surface area contributed by atoms with Gasteiger partial charge in [0.05, 0.1) is 5.69 Å². The summed E-state index contributed by atoms with van der Waals surface area (Å²) in [6.45, 7) is 6.59. The van der Waals surface area contributed by atoms with Crippen LogP contribution < -0.4 is 5.32 Å². The van der Waals surface area contributed by atoms with E-state index in [0.717, 1.165) is 48.2 Å². The number of aryl methyl sites for hydroxylation is 2. The topological polar surface area (TPSA) is 58.3 Å². The van der Waals surface area contributed by atoms with Crippen LogP contribution in [0.15, 0.2) is 53.7 Å². The van der Waals surface area contributed by atoms with Crippen molar-refractivity contribution in [2.45, 2.75) is 33.4 Å². The Balaban J connectivity index is 1.40. The molecule has 144 valence electrons. The summed E-state index contributed by atoms with van der Waals surface area (Å²) in [5, 5.41) is 7.96. The molecule has 3 heterocycles. The van der Waals surface area contributed by atoms with Crippen LogP contribution in [0, 0.1) is 13.8 Å². The molecule has 0 spiro atoms. The first kappa shape index (κ1) is 18.2. The van der Waals surface area contributed by atoms with E-state index in [2.05, 4.69) is 61.7 Å². The van der Waals surface area contributed by atoms with Gasteiger partial charge in [0, 0.05) is 38.6 Å². The summed E-state index contributed by atoms with van der Waals surface area (Å²) in [5.74, 6) is 1.77. The van der Waals surface area contributed by atoms with E-state index in [1.165, 1.54) is 11.1 Å². The predicted molar refractivity (Wildman–Crippen MR) is 112 cm³/mol. The highest BCUT2D eigenvalue weighted by atomic mass is 15.3. The Morgan fingerprint density at radius 2 is 1.96 bits per heavy atom. The molecule has 1 aliphatic rings. The first-order valence-corrected chi connectivity index (χ1v) is 9.65. The van der Waals surface area contributed by atoms with Crippen LogP contribution in [-0.2, 0) is 19.5 Å². The number of guanidine groups is 1. The fraction of sp³-hybridized carbons (Fsp3) is 0.318. The summed E-state index contributed by atoms with van der Waals surface area (Å²) in [7, 11) is 1.84. The largest absolute Gasteiger partial charge is 0.352 e. The van der Waals surface area contributed by atoms with Gasteiger partial charge in [-0.3, -0.25) is 4.99 Å². The van der Waals surface area contributed by atoms with Crippen LogP contribution >= 0.6 is 0 Å². The molecule has 28 heavy (non-hydrogen) atoms. The summed E-state index contributed by atoms with van der Waals surface area (Å²) < 4.78 is 1.87. The second-order valence-electron chi connectivity index (χ2n) is 7.20. The average molecular weight is 374 g/mol. The van der Waals surface area contributed by atoms with E-state index in [1.807, 2.05) is 37.8 Å². The maximum Gasteiger partial charge on any atom is 0.194 e. The summed E-state index contributed by atoms with van der Waals surface area (Å²) >= 11 is 0. The molecule has 1 aromatic carbocycles. The standard InChI is InChI=1S/C22H26N6/c1-16-12-17(2)28(26-16)21-9-8-18(13-24-21)14-25-22(23-3)27-11-10-19-6-4-5-7-20(19)15-27/h4-9,12-13H,10-11,14-15H2,1-3H3,(H,23,25). The Morgan fingerprint density at radius 1 is 1.14 bits per heavy atom. The lowest BCUT2D eigenvalue weighted by Gasteiger charge is -2.31. The van der Waals surface area contributed by atoms with Crippen LogP contribution in [0.3, 0.4) is 0 Å². The number of benzene rings is 1. The molecule has 1 aliphatic heterocycles. The molecule has 0 aliphatic carbocycles. The molecule has 0 bridgehead atoms. The molecule has 6 heteroatoms. The minimum Gasteiger partial charge on any atom is -0.352 e. The zero-order valence-corrected chi connectivity index (χ0v) is 16.7. The third-order valence-corrected chi connectivity index (χ3v) is 5.13. The summed E-state index contributed by atoms with van der Waals surface area (Å²) in [4.78, 5) is 11.4. The lowest BCUT2D eigenvalue weighted by molar-refractivity contribution is 0.378. The molecule has 2 aromatic heterocycles. The van der Waals surface area contributed by atoms with E-state index in [0.29, 0.717) is 6.54 Å². The summed E-state index contributed by atoms with van der Waals surface area (Å²) in [5.41, 5.74) is 6.02. The van der Waals surface area contributed by atoms with Gasteiger partial charge in [0.15, 0.2) is 11.8 Å². The number of hydrogen-bond donors (Lipinski definition) is 1. The van der Waals surface area contributed by atoms with Crippen molar-refractivity contribution < 1.29 is 0 Å². The Kier molecular flexibility index (Phi) is 5.10. The number of rotatable bonds is 3. The zero-order valence-electron chi connectivity index (χ0n) is 16.7. The molecule has 4 rings (SSSR count). The monoisotopic (exact) mass is 374 g/mol. The minimum absolute atomic E-state index is 0.690. The van der Waals surface area contributed by atoms with Gasteiger partial charge in [-0.2, -0.15) is 5.10 Å². The first-order chi connectivity index (χ1) is 13.6. The second-order valence-corrected chi connectivity index (χ2v) is 7.20. The average Bonchev–Trinajstić information content (AvgIpc) is 3.07. The Morgan fingerprint density at radius 3 is 2.64 bits per heavy atom. The zero-order chi connectivity index (χ0) is 19.5. The normalized spacial score (nSPS) is 14.1. The van der Waals surface area contributed by atoms with Crippen molar-refractivity contribution in [3.8, 4) is 5.82 Å². The van der Waals surface area contributed by atoms with Crippen molar-refractivity contribution in [3.05, 3.63) is 76.7 Å². The van der Waals surface area contributed by atoms with Gasteiger partial charge in [-0.05, 0) is 49.1 Å². The van der Waals surface area contributed by atoms with Crippen molar-refractivity contribution in [2.24, 2.45) is 4.99 Å². The van der Waals surface area contributed by atoms with Crippen LogP contribution in [0.4, 0.5) is 0 Å². The fourth-order valence-electron chi connectivity index (χ4n) is 3.70. The Bertz CT molecular complexity index is 987. The number of nitrogens with one attached hydrogen (secondary N) is 1. The summed E-state index contributed by atoms with van der Waals surface area (Å²) in [6, 6.07) is 14.8. The molecule has 0 fully saturated rings. The van der Waals surface area contributed by atoms with Crippen molar-refractivity contribution in [3.63, 3.8) is 0 Å². The number of hydrogen-bond acceptors (Lipinski definition) is 3. The first-order valence-electron chi connectivity index (χ1n) is 9.65. The van der Waals surface area contributed by atoms with Gasteiger partial charge in [0.1, 0.15) is 0 Å².